The molecule has 5 aromatic rings. The number of nitrogens with zero attached hydrogens (tertiary/aromatic N) is 5. The number of rotatable bonds is 8. The zero-order valence-electron chi connectivity index (χ0n) is 18.3. The first kappa shape index (κ1) is 21.7. The van der Waals surface area contributed by atoms with Gasteiger partial charge in [-0.1, -0.05) is 78.5 Å². The van der Waals surface area contributed by atoms with Gasteiger partial charge in [0, 0.05) is 40.5 Å². The highest BCUT2D eigenvalue weighted by Crippen LogP contribution is 2.29. The Labute approximate surface area is 201 Å². The third kappa shape index (κ3) is 4.24. The highest BCUT2D eigenvalue weighted by atomic mass is 32.2. The van der Waals surface area contributed by atoms with Gasteiger partial charge in [-0.15, -0.1) is 10.2 Å². The molecule has 0 unspecified atom stereocenters. The molecule has 0 aliphatic carbocycles. The highest BCUT2D eigenvalue weighted by molar-refractivity contribution is 7.99. The van der Waals surface area contributed by atoms with Crippen LogP contribution in [0.1, 0.15) is 16.8 Å². The lowest BCUT2D eigenvalue weighted by Gasteiger charge is -2.10. The average Bonchev–Trinajstić information content (AvgIpc) is 3.49. The summed E-state index contributed by atoms with van der Waals surface area (Å²) in [6.45, 7) is 0.556. The van der Waals surface area contributed by atoms with E-state index in [1.165, 1.54) is 11.8 Å². The quantitative estimate of drug-likeness (QED) is 0.215. The van der Waals surface area contributed by atoms with Gasteiger partial charge in [-0.2, -0.15) is 5.26 Å². The smallest absolute Gasteiger partial charge is 0.196 e. The Hall–Kier alpha value is -4.15. The predicted molar refractivity (Wildman–Crippen MR) is 134 cm³/mol. The molecule has 7 heteroatoms. The van der Waals surface area contributed by atoms with E-state index in [2.05, 4.69) is 16.3 Å². The molecule has 0 atom stereocenters. The summed E-state index contributed by atoms with van der Waals surface area (Å²) < 4.78 is 3.97. The van der Waals surface area contributed by atoms with Gasteiger partial charge in [0.25, 0.3) is 0 Å². The molecule has 0 N–H and O–H groups in total. The molecule has 0 radical (unpaired) electrons. The molecule has 6 nitrogen and oxygen atoms in total. The molecule has 0 amide bonds. The minimum Gasteiger partial charge on any atom is -0.346 e. The van der Waals surface area contributed by atoms with Crippen LogP contribution in [0.25, 0.3) is 28.0 Å². The van der Waals surface area contributed by atoms with E-state index >= 15 is 0 Å². The number of hydrogen-bond acceptors (Lipinski definition) is 5. The van der Waals surface area contributed by atoms with E-state index in [0.29, 0.717) is 23.7 Å². The molecule has 166 valence electrons. The number of thioether (sulfide) groups is 1. The molecule has 0 saturated heterocycles. The molecule has 2 heterocycles. The van der Waals surface area contributed by atoms with Gasteiger partial charge in [-0.3, -0.25) is 9.36 Å². The van der Waals surface area contributed by atoms with Crippen molar-refractivity contribution in [2.45, 2.75) is 18.1 Å². The third-order valence-electron chi connectivity index (χ3n) is 5.57. The monoisotopic (exact) mass is 463 g/mol. The van der Waals surface area contributed by atoms with Crippen LogP contribution in [0, 0.1) is 11.3 Å². The van der Waals surface area contributed by atoms with Crippen LogP contribution in [0.4, 0.5) is 0 Å². The molecule has 0 bridgehead atoms. The Morgan fingerprint density at radius 1 is 0.912 bits per heavy atom. The number of carbonyl (C=O) groups is 1. The van der Waals surface area contributed by atoms with Gasteiger partial charge >= 0.3 is 0 Å². The van der Waals surface area contributed by atoms with Crippen molar-refractivity contribution < 1.29 is 4.79 Å². The molecule has 5 rings (SSSR count). The molecular weight excluding hydrogens is 442 g/mol. The van der Waals surface area contributed by atoms with E-state index in [1.54, 1.807) is 0 Å². The molecule has 0 aliphatic heterocycles. The number of ketones is 1. The van der Waals surface area contributed by atoms with Crippen molar-refractivity contribution in [2.24, 2.45) is 0 Å². The maximum atomic E-state index is 13.3. The van der Waals surface area contributed by atoms with Gasteiger partial charge in [0.15, 0.2) is 16.8 Å². The van der Waals surface area contributed by atoms with Crippen LogP contribution >= 0.6 is 11.8 Å². The van der Waals surface area contributed by atoms with Crippen LogP contribution in [0.2, 0.25) is 0 Å². The van der Waals surface area contributed by atoms with Gasteiger partial charge in [-0.05, 0) is 18.2 Å². The second kappa shape index (κ2) is 9.77. The van der Waals surface area contributed by atoms with Crippen molar-refractivity contribution in [3.63, 3.8) is 0 Å². The Morgan fingerprint density at radius 2 is 1.62 bits per heavy atom. The van der Waals surface area contributed by atoms with Gasteiger partial charge in [0.1, 0.15) is 0 Å². The number of aryl methyl sites for hydroxylation is 1. The summed E-state index contributed by atoms with van der Waals surface area (Å²) in [6.07, 6.45) is 2.26. The fourth-order valence-electron chi connectivity index (χ4n) is 3.98. The van der Waals surface area contributed by atoms with E-state index in [0.717, 1.165) is 28.0 Å². The molecule has 0 saturated carbocycles. The second-order valence-corrected chi connectivity index (χ2v) is 8.66. The maximum Gasteiger partial charge on any atom is 0.196 e. The first-order chi connectivity index (χ1) is 16.8. The summed E-state index contributed by atoms with van der Waals surface area (Å²) in [5.74, 6) is 0.974. The Balaban J connectivity index is 1.46. The van der Waals surface area contributed by atoms with Gasteiger partial charge < -0.3 is 4.57 Å². The van der Waals surface area contributed by atoms with Crippen molar-refractivity contribution in [1.82, 2.24) is 19.3 Å². The molecular formula is C27H21N5OS. The lowest BCUT2D eigenvalue weighted by atomic mass is 10.1. The normalized spacial score (nSPS) is 10.9. The zero-order chi connectivity index (χ0) is 23.3. The lowest BCUT2D eigenvalue weighted by Crippen LogP contribution is -2.05. The molecule has 0 spiro atoms. The molecule has 0 fully saturated rings. The number of Topliss-reactive ketones (excluding diaryl/α,β-unsaturated/α-hetero) is 1. The summed E-state index contributed by atoms with van der Waals surface area (Å²) in [6, 6.07) is 29.8. The van der Waals surface area contributed by atoms with Crippen LogP contribution in [0.5, 0.6) is 0 Å². The van der Waals surface area contributed by atoms with E-state index in [-0.39, 0.29) is 11.5 Å². The summed E-state index contributed by atoms with van der Waals surface area (Å²) in [5, 5.41) is 19.4. The van der Waals surface area contributed by atoms with E-state index < -0.39 is 0 Å². The summed E-state index contributed by atoms with van der Waals surface area (Å²) in [4.78, 5) is 13.3. The van der Waals surface area contributed by atoms with E-state index in [4.69, 9.17) is 5.26 Å². The summed E-state index contributed by atoms with van der Waals surface area (Å²) >= 11 is 1.37. The molecule has 34 heavy (non-hydrogen) atoms. The number of para-hydroxylation sites is 2. The zero-order valence-corrected chi connectivity index (χ0v) is 19.2. The van der Waals surface area contributed by atoms with Crippen LogP contribution in [-0.2, 0) is 6.54 Å². The number of hydrogen-bond donors (Lipinski definition) is 0. The second-order valence-electron chi connectivity index (χ2n) is 7.72. The molecule has 0 aliphatic rings. The largest absolute Gasteiger partial charge is 0.346 e. The number of benzene rings is 3. The fourth-order valence-corrected chi connectivity index (χ4v) is 4.81. The summed E-state index contributed by atoms with van der Waals surface area (Å²) in [5.41, 5.74) is 3.52. The third-order valence-corrected chi connectivity index (χ3v) is 6.49. The number of aromatic nitrogens is 4. The van der Waals surface area contributed by atoms with E-state index in [1.807, 2.05) is 100 Å². The van der Waals surface area contributed by atoms with E-state index in [9.17, 15) is 4.79 Å². The van der Waals surface area contributed by atoms with Crippen LogP contribution in [-0.4, -0.2) is 30.9 Å². The van der Waals surface area contributed by atoms with Crippen molar-refractivity contribution >= 4 is 28.4 Å². The van der Waals surface area contributed by atoms with Crippen molar-refractivity contribution in [3.05, 3.63) is 96.7 Å². The van der Waals surface area contributed by atoms with Gasteiger partial charge in [0.05, 0.1) is 18.2 Å². The van der Waals surface area contributed by atoms with Gasteiger partial charge in [0.2, 0.25) is 0 Å². The van der Waals surface area contributed by atoms with Crippen molar-refractivity contribution in [1.29, 1.82) is 5.26 Å². The van der Waals surface area contributed by atoms with Crippen molar-refractivity contribution in [3.8, 4) is 23.1 Å². The molecule has 3 aromatic carbocycles. The topological polar surface area (TPSA) is 76.5 Å². The Bertz CT molecular complexity index is 1480. The minimum atomic E-state index is 0.0146. The van der Waals surface area contributed by atoms with Crippen LogP contribution in [0.3, 0.4) is 0 Å². The SMILES string of the molecule is N#CCCn1cc(C(=O)CSc2nnc(-c3ccccc3)n2-c2ccccc2)c2ccccc21. The number of fused-ring (bicyclic) bond motifs is 1. The lowest BCUT2D eigenvalue weighted by molar-refractivity contribution is 0.102. The molecule has 2 aromatic heterocycles. The number of carbonyl (C=O) groups excluding carboxylic acids is 1. The van der Waals surface area contributed by atoms with Crippen LogP contribution < -0.4 is 0 Å². The predicted octanol–water partition coefficient (Wildman–Crippen LogP) is 5.78. The average molecular weight is 464 g/mol. The first-order valence-corrected chi connectivity index (χ1v) is 11.9. The highest BCUT2D eigenvalue weighted by Gasteiger charge is 2.19. The maximum absolute atomic E-state index is 13.3. The van der Waals surface area contributed by atoms with Gasteiger partial charge in [-0.25, -0.2) is 0 Å². The summed E-state index contributed by atoms with van der Waals surface area (Å²) in [7, 11) is 0. The standard InChI is InChI=1S/C27H21N5OS/c28-16-9-17-31-18-23(22-14-7-8-15-24(22)31)25(33)19-34-27-30-29-26(20-10-3-1-4-11-20)32(27)21-12-5-2-6-13-21/h1-8,10-15,18H,9,17,19H2. The van der Waals surface area contributed by atoms with Crippen molar-refractivity contribution in [2.75, 3.05) is 5.75 Å². The minimum absolute atomic E-state index is 0.0146. The Morgan fingerprint density at radius 3 is 2.38 bits per heavy atom. The Kier molecular flexibility index (Phi) is 6.23. The first-order valence-electron chi connectivity index (χ1n) is 10.9. The fraction of sp³-hybridized carbons (Fsp3) is 0.111. The van der Waals surface area contributed by atoms with Crippen LogP contribution in [0.15, 0.2) is 96.3 Å². The number of nitriles is 1.